The van der Waals surface area contributed by atoms with Gasteiger partial charge in [0.25, 0.3) is 0 Å². The van der Waals surface area contributed by atoms with Crippen molar-refractivity contribution in [1.29, 1.82) is 0 Å². The molecule has 3 aromatic carbocycles. The molecule has 1 saturated heterocycles. The lowest BCUT2D eigenvalue weighted by Gasteiger charge is -2.37. The van der Waals surface area contributed by atoms with Crippen LogP contribution in [0.3, 0.4) is 0 Å². The molecule has 3 aromatic rings. The Balaban J connectivity index is 1.63. The number of carbonyl (C=O) groups excluding carboxylic acids is 1. The van der Waals surface area contributed by atoms with E-state index in [1.165, 1.54) is 4.90 Å². The van der Waals surface area contributed by atoms with Crippen LogP contribution in [0.2, 0.25) is 0 Å². The topological polar surface area (TPSA) is 70.1 Å². The minimum atomic E-state index is -0.907. The van der Waals surface area contributed by atoms with E-state index in [9.17, 15) is 14.7 Å². The summed E-state index contributed by atoms with van der Waals surface area (Å²) in [7, 11) is 1.64. The molecule has 0 unspecified atom stereocenters. The summed E-state index contributed by atoms with van der Waals surface area (Å²) in [4.78, 5) is 29.5. The molecule has 0 aromatic heterocycles. The molecule has 1 N–H and O–H groups in total. The van der Waals surface area contributed by atoms with Crippen molar-refractivity contribution in [3.63, 3.8) is 0 Å². The molecule has 1 heterocycles. The first-order chi connectivity index (χ1) is 17.6. The van der Waals surface area contributed by atoms with Crippen molar-refractivity contribution < 1.29 is 19.4 Å². The minimum Gasteiger partial charge on any atom is -0.496 e. The van der Waals surface area contributed by atoms with Gasteiger partial charge in [-0.05, 0) is 17.2 Å². The van der Waals surface area contributed by atoms with Crippen molar-refractivity contribution in [3.8, 4) is 5.75 Å². The molecule has 7 heteroatoms. The lowest BCUT2D eigenvalue weighted by atomic mass is 9.87. The minimum absolute atomic E-state index is 0.0765. The van der Waals surface area contributed by atoms with Crippen LogP contribution in [-0.4, -0.2) is 71.1 Å². The number of benzene rings is 3. The Kier molecular flexibility index (Phi) is 9.03. The fourth-order valence-electron chi connectivity index (χ4n) is 4.78. The highest BCUT2D eigenvalue weighted by molar-refractivity contribution is 7.99. The predicted molar refractivity (Wildman–Crippen MR) is 144 cm³/mol. The summed E-state index contributed by atoms with van der Waals surface area (Å²) in [6.07, 6.45) is -0.907. The van der Waals surface area contributed by atoms with Gasteiger partial charge >= 0.3 is 6.09 Å². The van der Waals surface area contributed by atoms with Gasteiger partial charge in [-0.1, -0.05) is 78.9 Å². The Morgan fingerprint density at radius 1 is 1.00 bits per heavy atom. The summed E-state index contributed by atoms with van der Waals surface area (Å²) in [5, 5.41) is 9.77. The number of hydrogen-bond donors (Lipinski definition) is 1. The number of Topliss-reactive ketones (excluding diaryl/α,β-unsaturated/α-hetero) is 1. The quantitative estimate of drug-likeness (QED) is 0.419. The molecule has 0 bridgehead atoms. The number of carboxylic acid groups (broad SMARTS) is 1. The van der Waals surface area contributed by atoms with Crippen molar-refractivity contribution in [2.24, 2.45) is 0 Å². The second-order valence-electron chi connectivity index (χ2n) is 8.91. The highest BCUT2D eigenvalue weighted by atomic mass is 32.2. The molecule has 1 amide bonds. The Morgan fingerprint density at radius 3 is 2.22 bits per heavy atom. The predicted octanol–water partition coefficient (Wildman–Crippen LogP) is 4.99. The molecule has 0 spiro atoms. The van der Waals surface area contributed by atoms with Crippen LogP contribution in [0.1, 0.15) is 22.6 Å². The van der Waals surface area contributed by atoms with Crippen LogP contribution in [0.25, 0.3) is 0 Å². The lowest BCUT2D eigenvalue weighted by Crippen LogP contribution is -2.51. The molecule has 188 valence electrons. The maximum absolute atomic E-state index is 13.9. The van der Waals surface area contributed by atoms with Crippen molar-refractivity contribution in [1.82, 2.24) is 9.80 Å². The largest absolute Gasteiger partial charge is 0.496 e. The Hall–Kier alpha value is -3.29. The highest BCUT2D eigenvalue weighted by Gasteiger charge is 2.31. The Bertz CT molecular complexity index is 1100. The van der Waals surface area contributed by atoms with Crippen LogP contribution in [0.4, 0.5) is 4.79 Å². The maximum atomic E-state index is 13.9. The second-order valence-corrected chi connectivity index (χ2v) is 10.1. The summed E-state index contributed by atoms with van der Waals surface area (Å²) in [6, 6.07) is 27.3. The second kappa shape index (κ2) is 12.6. The molecule has 6 nitrogen and oxygen atoms in total. The fraction of sp³-hybridized carbons (Fsp3) is 0.310. The number of rotatable bonds is 10. The van der Waals surface area contributed by atoms with Gasteiger partial charge in [0.1, 0.15) is 5.75 Å². The number of carbonyl (C=O) groups is 2. The number of thioether (sulfide) groups is 1. The number of ether oxygens (including phenoxy) is 1. The molecule has 36 heavy (non-hydrogen) atoms. The molecular formula is C29H32N2O4S. The van der Waals surface area contributed by atoms with Gasteiger partial charge in [-0.15, -0.1) is 0 Å². The number of hydrogen-bond acceptors (Lipinski definition) is 5. The zero-order chi connectivity index (χ0) is 25.3. The fourth-order valence-corrected chi connectivity index (χ4v) is 5.83. The zero-order valence-electron chi connectivity index (χ0n) is 20.5. The molecule has 0 aliphatic carbocycles. The summed E-state index contributed by atoms with van der Waals surface area (Å²) >= 11 is 1.76. The van der Waals surface area contributed by atoms with E-state index in [1.54, 1.807) is 18.9 Å². The number of methoxy groups -OCH3 is 1. The van der Waals surface area contributed by atoms with E-state index >= 15 is 0 Å². The van der Waals surface area contributed by atoms with Crippen LogP contribution in [0.15, 0.2) is 84.9 Å². The van der Waals surface area contributed by atoms with Gasteiger partial charge in [0.2, 0.25) is 0 Å². The zero-order valence-corrected chi connectivity index (χ0v) is 21.3. The third-order valence-electron chi connectivity index (χ3n) is 6.50. The number of para-hydroxylation sites is 1. The van der Waals surface area contributed by atoms with E-state index in [0.29, 0.717) is 25.4 Å². The van der Waals surface area contributed by atoms with Crippen LogP contribution in [0, 0.1) is 0 Å². The molecule has 0 saturated carbocycles. The summed E-state index contributed by atoms with van der Waals surface area (Å²) in [6.45, 7) is 1.65. The van der Waals surface area contributed by atoms with E-state index in [-0.39, 0.29) is 18.4 Å². The first-order valence-corrected chi connectivity index (χ1v) is 13.3. The summed E-state index contributed by atoms with van der Waals surface area (Å²) < 4.78 is 5.57. The average molecular weight is 505 g/mol. The third-order valence-corrected chi connectivity index (χ3v) is 7.59. The van der Waals surface area contributed by atoms with Crippen LogP contribution < -0.4 is 4.74 Å². The Morgan fingerprint density at radius 2 is 1.61 bits per heavy atom. The monoisotopic (exact) mass is 504 g/mol. The average Bonchev–Trinajstić information content (AvgIpc) is 2.90. The van der Waals surface area contributed by atoms with Gasteiger partial charge in [-0.3, -0.25) is 9.69 Å². The van der Waals surface area contributed by atoms with E-state index in [2.05, 4.69) is 4.90 Å². The normalized spacial score (nSPS) is 15.8. The number of ketones is 1. The standard InChI is InChI=1S/C29H32N2O4S/c1-35-27-15-9-8-14-24(27)18-30(19-25-21-36-17-16-31(25)29(33)34)20-26(32)28(22-10-4-2-5-11-22)23-12-6-3-7-13-23/h2-15,25,28H,16-21H2,1H3,(H,33,34)/t25-/m1/s1. The van der Waals surface area contributed by atoms with Crippen LogP contribution in [-0.2, 0) is 11.3 Å². The number of nitrogens with zero attached hydrogens (tertiary/aromatic N) is 2. The molecule has 1 fully saturated rings. The SMILES string of the molecule is COc1ccccc1CN(CC(=O)C(c1ccccc1)c1ccccc1)C[C@@H]1CSCCN1C(=O)O. The molecule has 1 aliphatic rings. The Labute approximate surface area is 216 Å². The molecule has 4 rings (SSSR count). The third kappa shape index (κ3) is 6.47. The van der Waals surface area contributed by atoms with Gasteiger partial charge < -0.3 is 14.7 Å². The van der Waals surface area contributed by atoms with Crippen molar-refractivity contribution in [2.45, 2.75) is 18.5 Å². The summed E-state index contributed by atoms with van der Waals surface area (Å²) in [5.74, 6) is 1.93. The van der Waals surface area contributed by atoms with Crippen molar-refractivity contribution >= 4 is 23.6 Å². The van der Waals surface area contributed by atoms with Crippen molar-refractivity contribution in [2.75, 3.05) is 38.2 Å². The van der Waals surface area contributed by atoms with E-state index < -0.39 is 12.0 Å². The van der Waals surface area contributed by atoms with Gasteiger partial charge in [-0.2, -0.15) is 11.8 Å². The van der Waals surface area contributed by atoms with E-state index in [4.69, 9.17) is 4.74 Å². The van der Waals surface area contributed by atoms with Crippen molar-refractivity contribution in [3.05, 3.63) is 102 Å². The van der Waals surface area contributed by atoms with Gasteiger partial charge in [0, 0.05) is 36.7 Å². The first kappa shape index (κ1) is 25.8. The maximum Gasteiger partial charge on any atom is 0.407 e. The van der Waals surface area contributed by atoms with Crippen LogP contribution >= 0.6 is 11.8 Å². The lowest BCUT2D eigenvalue weighted by molar-refractivity contribution is -0.121. The van der Waals surface area contributed by atoms with Gasteiger partial charge in [0.05, 0.1) is 25.6 Å². The highest BCUT2D eigenvalue weighted by Crippen LogP contribution is 2.28. The molecule has 0 radical (unpaired) electrons. The molecule has 1 aliphatic heterocycles. The van der Waals surface area contributed by atoms with Gasteiger partial charge in [-0.25, -0.2) is 4.79 Å². The van der Waals surface area contributed by atoms with Gasteiger partial charge in [0.15, 0.2) is 5.78 Å². The summed E-state index contributed by atoms with van der Waals surface area (Å²) in [5.41, 5.74) is 2.87. The number of amides is 1. The first-order valence-electron chi connectivity index (χ1n) is 12.1. The van der Waals surface area contributed by atoms with Crippen LogP contribution in [0.5, 0.6) is 5.75 Å². The molecule has 1 atom stereocenters. The van der Waals surface area contributed by atoms with E-state index in [0.717, 1.165) is 28.2 Å². The molecular weight excluding hydrogens is 472 g/mol. The van der Waals surface area contributed by atoms with E-state index in [1.807, 2.05) is 84.9 Å². The smallest absolute Gasteiger partial charge is 0.407 e.